The summed E-state index contributed by atoms with van der Waals surface area (Å²) in [4.78, 5) is 25.4. The van der Waals surface area contributed by atoms with E-state index in [4.69, 9.17) is 9.47 Å². The first-order valence-electron chi connectivity index (χ1n) is 6.92. The fourth-order valence-corrected chi connectivity index (χ4v) is 2.02. The van der Waals surface area contributed by atoms with E-state index in [2.05, 4.69) is 0 Å². The zero-order chi connectivity index (χ0) is 14.5. The maximum atomic E-state index is 12.0. The molecule has 5 nitrogen and oxygen atoms in total. The Hall–Kier alpha value is -1.10. The number of rotatable bonds is 4. The van der Waals surface area contributed by atoms with Gasteiger partial charge in [0.25, 0.3) is 0 Å². The van der Waals surface area contributed by atoms with E-state index < -0.39 is 5.60 Å². The highest BCUT2D eigenvalue weighted by Gasteiger charge is 2.31. The molecule has 0 saturated carbocycles. The summed E-state index contributed by atoms with van der Waals surface area (Å²) in [7, 11) is 0. The average Bonchev–Trinajstić information content (AvgIpc) is 2.29. The van der Waals surface area contributed by atoms with Gasteiger partial charge in [0.05, 0.1) is 0 Å². The van der Waals surface area contributed by atoms with Crippen LogP contribution in [0.15, 0.2) is 0 Å². The molecule has 0 aliphatic carbocycles. The van der Waals surface area contributed by atoms with Crippen LogP contribution < -0.4 is 0 Å². The van der Waals surface area contributed by atoms with Gasteiger partial charge in [0.1, 0.15) is 11.4 Å². The molecule has 0 aromatic heterocycles. The van der Waals surface area contributed by atoms with Crippen LogP contribution in [0, 0.1) is 5.92 Å². The SMILES string of the molecule is CCOCCC1CN(C(=O)OC(C)(C)C)CCC1=O. The summed E-state index contributed by atoms with van der Waals surface area (Å²) in [6.07, 6.45) is 0.753. The van der Waals surface area contributed by atoms with Crippen molar-refractivity contribution in [2.75, 3.05) is 26.3 Å². The molecule has 1 fully saturated rings. The second kappa shape index (κ2) is 6.89. The number of ketones is 1. The number of piperidine rings is 1. The molecular weight excluding hydrogens is 246 g/mol. The van der Waals surface area contributed by atoms with Crippen LogP contribution in [-0.4, -0.2) is 48.7 Å². The Morgan fingerprint density at radius 2 is 2.11 bits per heavy atom. The van der Waals surface area contributed by atoms with Crippen molar-refractivity contribution >= 4 is 11.9 Å². The van der Waals surface area contributed by atoms with Crippen LogP contribution in [0.25, 0.3) is 0 Å². The number of nitrogens with zero attached hydrogens (tertiary/aromatic N) is 1. The molecule has 1 amide bonds. The summed E-state index contributed by atoms with van der Waals surface area (Å²) in [5.41, 5.74) is -0.501. The van der Waals surface area contributed by atoms with Crippen LogP contribution in [0.1, 0.15) is 40.5 Å². The van der Waals surface area contributed by atoms with Crippen LogP contribution in [0.5, 0.6) is 0 Å². The summed E-state index contributed by atoms with van der Waals surface area (Å²) in [6, 6.07) is 0. The first kappa shape index (κ1) is 16.0. The second-order valence-electron chi connectivity index (χ2n) is 5.83. The monoisotopic (exact) mass is 271 g/mol. The maximum Gasteiger partial charge on any atom is 0.410 e. The standard InChI is InChI=1S/C14H25NO4/c1-5-18-9-7-11-10-15(8-6-12(11)16)13(17)19-14(2,3)4/h11H,5-10H2,1-4H3. The van der Waals surface area contributed by atoms with Gasteiger partial charge in [-0.3, -0.25) is 4.79 Å². The molecule has 0 N–H and O–H groups in total. The van der Waals surface area contributed by atoms with E-state index >= 15 is 0 Å². The molecule has 0 radical (unpaired) electrons. The molecule has 1 unspecified atom stereocenters. The van der Waals surface area contributed by atoms with Gasteiger partial charge in [0, 0.05) is 38.6 Å². The van der Waals surface area contributed by atoms with E-state index in [1.165, 1.54) is 0 Å². The number of hydrogen-bond acceptors (Lipinski definition) is 4. The molecule has 0 aromatic carbocycles. The molecule has 1 aliphatic rings. The van der Waals surface area contributed by atoms with Crippen molar-refractivity contribution in [1.82, 2.24) is 4.90 Å². The Bertz CT molecular complexity index is 322. The maximum absolute atomic E-state index is 12.0. The lowest BCUT2D eigenvalue weighted by Crippen LogP contribution is -2.46. The minimum absolute atomic E-state index is 0.118. The highest BCUT2D eigenvalue weighted by atomic mass is 16.6. The zero-order valence-corrected chi connectivity index (χ0v) is 12.4. The Morgan fingerprint density at radius 3 is 2.68 bits per heavy atom. The molecule has 1 aliphatic heterocycles. The van der Waals surface area contributed by atoms with E-state index in [-0.39, 0.29) is 17.8 Å². The zero-order valence-electron chi connectivity index (χ0n) is 12.4. The highest BCUT2D eigenvalue weighted by Crippen LogP contribution is 2.19. The molecule has 19 heavy (non-hydrogen) atoms. The molecule has 1 saturated heterocycles. The lowest BCUT2D eigenvalue weighted by Gasteiger charge is -2.33. The molecule has 0 bridgehead atoms. The van der Waals surface area contributed by atoms with E-state index in [0.717, 1.165) is 0 Å². The van der Waals surface area contributed by atoms with Crippen molar-refractivity contribution in [3.8, 4) is 0 Å². The third kappa shape index (κ3) is 5.59. The Kier molecular flexibility index (Phi) is 5.79. The van der Waals surface area contributed by atoms with Crippen molar-refractivity contribution in [2.24, 2.45) is 5.92 Å². The van der Waals surface area contributed by atoms with Crippen molar-refractivity contribution in [3.63, 3.8) is 0 Å². The van der Waals surface area contributed by atoms with E-state index in [9.17, 15) is 9.59 Å². The number of likely N-dealkylation sites (tertiary alicyclic amines) is 1. The first-order valence-corrected chi connectivity index (χ1v) is 6.92. The Labute approximate surface area is 115 Å². The van der Waals surface area contributed by atoms with Crippen LogP contribution in [0.2, 0.25) is 0 Å². The predicted octanol–water partition coefficient (Wildman–Crippen LogP) is 2.24. The van der Waals surface area contributed by atoms with Crippen LogP contribution in [0.4, 0.5) is 4.79 Å². The third-order valence-electron chi connectivity index (χ3n) is 2.99. The van der Waals surface area contributed by atoms with E-state index in [1.807, 2.05) is 27.7 Å². The number of Topliss-reactive ketones (excluding diaryl/α,β-unsaturated/α-hetero) is 1. The quantitative estimate of drug-likeness (QED) is 0.736. The van der Waals surface area contributed by atoms with Gasteiger partial charge >= 0.3 is 6.09 Å². The van der Waals surface area contributed by atoms with Gasteiger partial charge in [-0.15, -0.1) is 0 Å². The summed E-state index contributed by atoms with van der Waals surface area (Å²) in [6.45, 7) is 9.56. The summed E-state index contributed by atoms with van der Waals surface area (Å²) in [5.74, 6) is 0.104. The number of carbonyl (C=O) groups excluding carboxylic acids is 2. The van der Waals surface area contributed by atoms with Crippen molar-refractivity contribution in [3.05, 3.63) is 0 Å². The van der Waals surface area contributed by atoms with Gasteiger partial charge < -0.3 is 14.4 Å². The summed E-state index contributed by atoms with van der Waals surface area (Å²) < 4.78 is 10.6. The van der Waals surface area contributed by atoms with Gasteiger partial charge in [-0.25, -0.2) is 4.79 Å². The minimum Gasteiger partial charge on any atom is -0.444 e. The lowest BCUT2D eigenvalue weighted by atomic mass is 9.94. The summed E-state index contributed by atoms with van der Waals surface area (Å²) >= 11 is 0. The number of amides is 1. The number of carbonyl (C=O) groups is 2. The van der Waals surface area contributed by atoms with Crippen molar-refractivity contribution in [1.29, 1.82) is 0 Å². The van der Waals surface area contributed by atoms with Gasteiger partial charge in [-0.1, -0.05) is 0 Å². The molecule has 0 aromatic rings. The van der Waals surface area contributed by atoms with Crippen LogP contribution in [-0.2, 0) is 14.3 Å². The van der Waals surface area contributed by atoms with Gasteiger partial charge in [-0.2, -0.15) is 0 Å². The molecule has 110 valence electrons. The fraction of sp³-hybridized carbons (Fsp3) is 0.857. The van der Waals surface area contributed by atoms with Gasteiger partial charge in [0.15, 0.2) is 0 Å². The predicted molar refractivity (Wildman–Crippen MR) is 72.0 cm³/mol. The number of hydrogen-bond donors (Lipinski definition) is 0. The Morgan fingerprint density at radius 1 is 1.42 bits per heavy atom. The molecule has 1 heterocycles. The summed E-state index contributed by atoms with van der Waals surface area (Å²) in [5, 5.41) is 0. The van der Waals surface area contributed by atoms with Gasteiger partial charge in [0.2, 0.25) is 0 Å². The minimum atomic E-state index is -0.501. The largest absolute Gasteiger partial charge is 0.444 e. The molecular formula is C14H25NO4. The topological polar surface area (TPSA) is 55.8 Å². The molecule has 5 heteroatoms. The highest BCUT2D eigenvalue weighted by molar-refractivity contribution is 5.84. The van der Waals surface area contributed by atoms with E-state index in [0.29, 0.717) is 39.1 Å². The van der Waals surface area contributed by atoms with Gasteiger partial charge in [-0.05, 0) is 34.1 Å². The second-order valence-corrected chi connectivity index (χ2v) is 5.83. The lowest BCUT2D eigenvalue weighted by molar-refractivity contribution is -0.126. The normalized spacial score (nSPS) is 20.5. The molecule has 0 spiro atoms. The van der Waals surface area contributed by atoms with Crippen molar-refractivity contribution < 1.29 is 19.1 Å². The smallest absolute Gasteiger partial charge is 0.410 e. The Balaban J connectivity index is 2.49. The first-order chi connectivity index (χ1) is 8.83. The van der Waals surface area contributed by atoms with Crippen LogP contribution in [0.3, 0.4) is 0 Å². The van der Waals surface area contributed by atoms with Crippen LogP contribution >= 0.6 is 0 Å². The molecule has 1 rings (SSSR count). The van der Waals surface area contributed by atoms with E-state index in [1.54, 1.807) is 4.90 Å². The number of ether oxygens (including phenoxy) is 2. The average molecular weight is 271 g/mol. The molecule has 1 atom stereocenters. The fourth-order valence-electron chi connectivity index (χ4n) is 2.02. The van der Waals surface area contributed by atoms with Crippen molar-refractivity contribution in [2.45, 2.75) is 46.1 Å². The third-order valence-corrected chi connectivity index (χ3v) is 2.99.